The van der Waals surface area contributed by atoms with E-state index in [9.17, 15) is 0 Å². The number of ether oxygens (including phenoxy) is 1. The van der Waals surface area contributed by atoms with Crippen LogP contribution in [-0.4, -0.2) is 26.2 Å². The fourth-order valence-corrected chi connectivity index (χ4v) is 3.04. The van der Waals surface area contributed by atoms with E-state index in [1.165, 1.54) is 0 Å². The van der Waals surface area contributed by atoms with Gasteiger partial charge in [0.05, 0.1) is 18.5 Å². The third kappa shape index (κ3) is 3.69. The minimum absolute atomic E-state index is 0.602. The number of nitrogens with zero attached hydrogens (tertiary/aromatic N) is 2. The first-order chi connectivity index (χ1) is 9.49. The van der Waals surface area contributed by atoms with Crippen LogP contribution in [0.2, 0.25) is 10.0 Å². The summed E-state index contributed by atoms with van der Waals surface area (Å²) < 4.78 is 5.29. The number of rotatable bonds is 5. The molecule has 4 nitrogen and oxygen atoms in total. The molecule has 0 atom stereocenters. The molecule has 0 aliphatic heterocycles. The molecule has 1 heterocycles. The highest BCUT2D eigenvalue weighted by molar-refractivity contribution is 7.15. The first-order valence-electron chi connectivity index (χ1n) is 5.90. The monoisotopic (exact) mass is 331 g/mol. The van der Waals surface area contributed by atoms with Gasteiger partial charge in [0.2, 0.25) is 5.88 Å². The van der Waals surface area contributed by atoms with Crippen LogP contribution in [0.15, 0.2) is 18.2 Å². The first-order valence-corrected chi connectivity index (χ1v) is 7.48. The average molecular weight is 332 g/mol. The second-order valence-electron chi connectivity index (χ2n) is 4.33. The number of anilines is 2. The van der Waals surface area contributed by atoms with Crippen molar-refractivity contribution in [3.05, 3.63) is 33.1 Å². The molecule has 0 unspecified atom stereocenters. The van der Waals surface area contributed by atoms with E-state index in [0.717, 1.165) is 15.7 Å². The molecule has 7 heteroatoms. The van der Waals surface area contributed by atoms with Crippen molar-refractivity contribution in [3.8, 4) is 5.88 Å². The van der Waals surface area contributed by atoms with Gasteiger partial charge in [-0.3, -0.25) is 0 Å². The highest BCUT2D eigenvalue weighted by Gasteiger charge is 2.13. The van der Waals surface area contributed by atoms with E-state index in [1.54, 1.807) is 24.5 Å². The highest BCUT2D eigenvalue weighted by Crippen LogP contribution is 2.31. The summed E-state index contributed by atoms with van der Waals surface area (Å²) in [6, 6.07) is 5.35. The SMILES string of the molecule is COc1nc(N(C)C)sc1CNc1cc(Cl)cc(Cl)c1. The van der Waals surface area contributed by atoms with Gasteiger partial charge in [0.15, 0.2) is 5.13 Å². The molecular formula is C13H15Cl2N3OS. The van der Waals surface area contributed by atoms with Crippen molar-refractivity contribution in [2.45, 2.75) is 6.54 Å². The van der Waals surface area contributed by atoms with Gasteiger partial charge in [-0.2, -0.15) is 4.98 Å². The van der Waals surface area contributed by atoms with Crippen LogP contribution in [0.3, 0.4) is 0 Å². The van der Waals surface area contributed by atoms with Crippen molar-refractivity contribution in [2.75, 3.05) is 31.4 Å². The van der Waals surface area contributed by atoms with Gasteiger partial charge in [-0.25, -0.2) is 0 Å². The number of hydrogen-bond acceptors (Lipinski definition) is 5. The van der Waals surface area contributed by atoms with Crippen LogP contribution in [0.25, 0.3) is 0 Å². The fourth-order valence-electron chi connectivity index (χ4n) is 1.63. The average Bonchev–Trinajstić information content (AvgIpc) is 2.78. The maximum atomic E-state index is 5.97. The van der Waals surface area contributed by atoms with Gasteiger partial charge in [0.1, 0.15) is 0 Å². The zero-order valence-corrected chi connectivity index (χ0v) is 13.7. The van der Waals surface area contributed by atoms with Gasteiger partial charge in [-0.1, -0.05) is 34.5 Å². The molecule has 0 fully saturated rings. The second-order valence-corrected chi connectivity index (χ2v) is 6.27. The van der Waals surface area contributed by atoms with Gasteiger partial charge >= 0.3 is 0 Å². The lowest BCUT2D eigenvalue weighted by Crippen LogP contribution is -2.07. The molecule has 108 valence electrons. The molecule has 0 radical (unpaired) electrons. The first kappa shape index (κ1) is 15.2. The largest absolute Gasteiger partial charge is 0.480 e. The summed E-state index contributed by atoms with van der Waals surface area (Å²) in [5.41, 5.74) is 0.865. The molecule has 0 spiro atoms. The van der Waals surface area contributed by atoms with E-state index in [4.69, 9.17) is 27.9 Å². The summed E-state index contributed by atoms with van der Waals surface area (Å²) in [7, 11) is 5.52. The van der Waals surface area contributed by atoms with E-state index in [1.807, 2.05) is 31.1 Å². The van der Waals surface area contributed by atoms with Crippen LogP contribution in [0.4, 0.5) is 10.8 Å². The molecule has 0 bridgehead atoms. The predicted molar refractivity (Wildman–Crippen MR) is 86.8 cm³/mol. The van der Waals surface area contributed by atoms with Crippen molar-refractivity contribution >= 4 is 45.4 Å². The topological polar surface area (TPSA) is 37.4 Å². The minimum atomic E-state index is 0.602. The van der Waals surface area contributed by atoms with E-state index in [-0.39, 0.29) is 0 Å². The number of methoxy groups -OCH3 is 1. The van der Waals surface area contributed by atoms with E-state index in [2.05, 4.69) is 10.3 Å². The normalized spacial score (nSPS) is 10.4. The number of halogens is 2. The van der Waals surface area contributed by atoms with Crippen LogP contribution in [0, 0.1) is 0 Å². The summed E-state index contributed by atoms with van der Waals surface area (Å²) in [6.07, 6.45) is 0. The maximum Gasteiger partial charge on any atom is 0.231 e. The quantitative estimate of drug-likeness (QED) is 0.893. The fraction of sp³-hybridized carbons (Fsp3) is 0.308. The standard InChI is InChI=1S/C13H15Cl2N3OS/c1-18(2)13-17-12(19-3)11(20-13)7-16-10-5-8(14)4-9(15)6-10/h4-6,16H,7H2,1-3H3. The Morgan fingerprint density at radius 3 is 2.45 bits per heavy atom. The third-order valence-electron chi connectivity index (χ3n) is 2.54. The van der Waals surface area contributed by atoms with E-state index < -0.39 is 0 Å². The lowest BCUT2D eigenvalue weighted by atomic mass is 10.3. The van der Waals surface area contributed by atoms with Crippen molar-refractivity contribution in [1.29, 1.82) is 0 Å². The molecule has 1 aromatic carbocycles. The Hall–Kier alpha value is -1.17. The van der Waals surface area contributed by atoms with Crippen LogP contribution in [0.5, 0.6) is 5.88 Å². The van der Waals surface area contributed by atoms with Crippen molar-refractivity contribution < 1.29 is 4.74 Å². The van der Waals surface area contributed by atoms with Crippen LogP contribution in [-0.2, 0) is 6.54 Å². The summed E-state index contributed by atoms with van der Waals surface area (Å²) in [6.45, 7) is 0.603. The molecule has 1 N–H and O–H groups in total. The van der Waals surface area contributed by atoms with Gasteiger partial charge in [0, 0.05) is 29.8 Å². The Bertz CT molecular complexity index is 581. The van der Waals surface area contributed by atoms with E-state index in [0.29, 0.717) is 22.5 Å². The molecule has 2 aromatic rings. The molecule has 0 aliphatic carbocycles. The van der Waals surface area contributed by atoms with Crippen LogP contribution >= 0.6 is 34.5 Å². The molecule has 0 saturated heterocycles. The van der Waals surface area contributed by atoms with Gasteiger partial charge in [-0.15, -0.1) is 0 Å². The second kappa shape index (κ2) is 6.52. The Labute approximate surface area is 132 Å². The van der Waals surface area contributed by atoms with Crippen molar-refractivity contribution in [1.82, 2.24) is 4.98 Å². The molecule has 20 heavy (non-hydrogen) atoms. The molecule has 0 saturated carbocycles. The summed E-state index contributed by atoms with van der Waals surface area (Å²) in [5, 5.41) is 5.38. The smallest absolute Gasteiger partial charge is 0.231 e. The lowest BCUT2D eigenvalue weighted by molar-refractivity contribution is 0.397. The van der Waals surface area contributed by atoms with Gasteiger partial charge in [-0.05, 0) is 18.2 Å². The Balaban J connectivity index is 2.13. The molecule has 0 aliphatic rings. The molecule has 1 aromatic heterocycles. The Morgan fingerprint density at radius 2 is 1.90 bits per heavy atom. The van der Waals surface area contributed by atoms with Gasteiger partial charge in [0.25, 0.3) is 0 Å². The number of thiazole rings is 1. The van der Waals surface area contributed by atoms with E-state index >= 15 is 0 Å². The number of benzene rings is 1. The highest BCUT2D eigenvalue weighted by atomic mass is 35.5. The number of hydrogen-bond donors (Lipinski definition) is 1. The summed E-state index contributed by atoms with van der Waals surface area (Å²) >= 11 is 13.5. The zero-order chi connectivity index (χ0) is 14.7. The lowest BCUT2D eigenvalue weighted by Gasteiger charge is -2.07. The van der Waals surface area contributed by atoms with Crippen molar-refractivity contribution in [3.63, 3.8) is 0 Å². The Kier molecular flexibility index (Phi) is 4.96. The summed E-state index contributed by atoms with van der Waals surface area (Å²) in [5.74, 6) is 0.638. The van der Waals surface area contributed by atoms with Crippen LogP contribution in [0.1, 0.15) is 4.88 Å². The number of aromatic nitrogens is 1. The minimum Gasteiger partial charge on any atom is -0.480 e. The van der Waals surface area contributed by atoms with Crippen LogP contribution < -0.4 is 15.0 Å². The van der Waals surface area contributed by atoms with Gasteiger partial charge < -0.3 is 15.0 Å². The zero-order valence-electron chi connectivity index (χ0n) is 11.4. The predicted octanol–water partition coefficient (Wildman–Crippen LogP) is 4.14. The third-order valence-corrected chi connectivity index (χ3v) is 4.18. The molecular weight excluding hydrogens is 317 g/mol. The Morgan fingerprint density at radius 1 is 1.25 bits per heavy atom. The maximum absolute atomic E-state index is 5.97. The number of nitrogens with one attached hydrogen (secondary N) is 1. The molecule has 2 rings (SSSR count). The van der Waals surface area contributed by atoms with Crippen molar-refractivity contribution in [2.24, 2.45) is 0 Å². The summed E-state index contributed by atoms with van der Waals surface area (Å²) in [4.78, 5) is 7.38. The molecule has 0 amide bonds.